The third kappa shape index (κ3) is 1.84. The summed E-state index contributed by atoms with van der Waals surface area (Å²) in [7, 11) is 0. The second-order valence-corrected chi connectivity index (χ2v) is 2.69. The van der Waals surface area contributed by atoms with E-state index < -0.39 is 0 Å². The van der Waals surface area contributed by atoms with Crippen molar-refractivity contribution in [1.82, 2.24) is 15.1 Å². The molecular weight excluding hydrogens is 154 g/mol. The van der Waals surface area contributed by atoms with Gasteiger partial charge in [0.25, 0.3) is 0 Å². The molecule has 4 nitrogen and oxygen atoms in total. The van der Waals surface area contributed by atoms with E-state index in [9.17, 15) is 4.79 Å². The Balaban J connectivity index is 2.62. The Kier molecular flexibility index (Phi) is 2.85. The zero-order chi connectivity index (χ0) is 8.97. The van der Waals surface area contributed by atoms with Gasteiger partial charge in [0, 0.05) is 24.3 Å². The fraction of sp³-hybridized carbons (Fsp3) is 0.500. The number of rotatable bonds is 4. The highest BCUT2D eigenvalue weighted by Gasteiger charge is 2.03. The maximum absolute atomic E-state index is 10.5. The van der Waals surface area contributed by atoms with E-state index >= 15 is 0 Å². The first kappa shape index (κ1) is 8.77. The predicted molar refractivity (Wildman–Crippen MR) is 45.5 cm³/mol. The number of nitrogens with zero attached hydrogens (tertiary/aromatic N) is 2. The Morgan fingerprint density at radius 1 is 1.75 bits per heavy atom. The highest BCUT2D eigenvalue weighted by Crippen LogP contribution is 2.05. The minimum atomic E-state index is 0.641. The first-order chi connectivity index (χ1) is 5.77. The summed E-state index contributed by atoms with van der Waals surface area (Å²) in [5, 5.41) is 6.71. The summed E-state index contributed by atoms with van der Waals surface area (Å²) in [6.45, 7) is 5.27. The van der Waals surface area contributed by atoms with Crippen LogP contribution < -0.4 is 0 Å². The van der Waals surface area contributed by atoms with Crippen LogP contribution in [0.25, 0.3) is 0 Å². The van der Waals surface area contributed by atoms with E-state index in [1.165, 1.54) is 0 Å². The van der Waals surface area contributed by atoms with Crippen LogP contribution in [0.15, 0.2) is 6.20 Å². The van der Waals surface area contributed by atoms with E-state index in [0.29, 0.717) is 6.54 Å². The Morgan fingerprint density at radius 3 is 2.92 bits per heavy atom. The monoisotopic (exact) mass is 167 g/mol. The van der Waals surface area contributed by atoms with Gasteiger partial charge in [0.15, 0.2) is 0 Å². The van der Waals surface area contributed by atoms with Gasteiger partial charge < -0.3 is 4.90 Å². The molecule has 1 N–H and O–H groups in total. The average Bonchev–Trinajstić information content (AvgIpc) is 2.47. The van der Waals surface area contributed by atoms with Crippen molar-refractivity contribution < 1.29 is 4.79 Å². The fourth-order valence-corrected chi connectivity index (χ4v) is 0.977. The summed E-state index contributed by atoms with van der Waals surface area (Å²) in [4.78, 5) is 12.2. The topological polar surface area (TPSA) is 49.0 Å². The smallest absolute Gasteiger partial charge is 0.209 e. The molecule has 0 aromatic carbocycles. The molecule has 66 valence electrons. The van der Waals surface area contributed by atoms with Crippen molar-refractivity contribution >= 4 is 6.41 Å². The van der Waals surface area contributed by atoms with Crippen molar-refractivity contribution in [2.24, 2.45) is 0 Å². The number of hydrogen-bond donors (Lipinski definition) is 1. The molecule has 0 aliphatic carbocycles. The number of carbonyl (C=O) groups is 1. The molecule has 0 aliphatic rings. The van der Waals surface area contributed by atoms with Crippen molar-refractivity contribution in [2.75, 3.05) is 6.54 Å². The maximum atomic E-state index is 10.5. The highest BCUT2D eigenvalue weighted by atomic mass is 16.1. The summed E-state index contributed by atoms with van der Waals surface area (Å²) >= 11 is 0. The number of H-pyrrole nitrogens is 1. The zero-order valence-electron chi connectivity index (χ0n) is 7.37. The first-order valence-electron chi connectivity index (χ1n) is 3.96. The van der Waals surface area contributed by atoms with Gasteiger partial charge in [-0.1, -0.05) is 0 Å². The van der Waals surface area contributed by atoms with E-state index in [1.54, 1.807) is 11.1 Å². The summed E-state index contributed by atoms with van der Waals surface area (Å²) in [5.41, 5.74) is 2.10. The molecule has 1 heterocycles. The Labute approximate surface area is 71.6 Å². The molecule has 12 heavy (non-hydrogen) atoms. The first-order valence-corrected chi connectivity index (χ1v) is 3.96. The van der Waals surface area contributed by atoms with Crippen LogP contribution in [0, 0.1) is 6.92 Å². The van der Waals surface area contributed by atoms with Gasteiger partial charge in [-0.25, -0.2) is 0 Å². The summed E-state index contributed by atoms with van der Waals surface area (Å²) in [6.07, 6.45) is 2.61. The summed E-state index contributed by atoms with van der Waals surface area (Å²) < 4.78 is 0. The van der Waals surface area contributed by atoms with E-state index in [1.807, 2.05) is 13.8 Å². The lowest BCUT2D eigenvalue weighted by molar-refractivity contribution is -0.118. The van der Waals surface area contributed by atoms with Crippen LogP contribution in [0.2, 0.25) is 0 Å². The molecule has 0 spiro atoms. The van der Waals surface area contributed by atoms with E-state index in [-0.39, 0.29) is 0 Å². The zero-order valence-corrected chi connectivity index (χ0v) is 7.37. The number of amides is 1. The third-order valence-electron chi connectivity index (χ3n) is 1.86. The Bertz CT molecular complexity index is 257. The van der Waals surface area contributed by atoms with Gasteiger partial charge >= 0.3 is 0 Å². The minimum absolute atomic E-state index is 0.641. The lowest BCUT2D eigenvalue weighted by Crippen LogP contribution is -2.20. The maximum Gasteiger partial charge on any atom is 0.209 e. The molecule has 1 rings (SSSR count). The van der Waals surface area contributed by atoms with Crippen LogP contribution in [0.1, 0.15) is 18.2 Å². The molecule has 1 amide bonds. The molecule has 0 aliphatic heterocycles. The van der Waals surface area contributed by atoms with E-state index in [2.05, 4.69) is 10.2 Å². The average molecular weight is 167 g/mol. The van der Waals surface area contributed by atoms with Crippen LogP contribution in [-0.2, 0) is 11.3 Å². The van der Waals surface area contributed by atoms with Gasteiger partial charge in [0.1, 0.15) is 0 Å². The van der Waals surface area contributed by atoms with Crippen molar-refractivity contribution in [3.8, 4) is 0 Å². The number of hydrogen-bond acceptors (Lipinski definition) is 2. The largest absolute Gasteiger partial charge is 0.341 e. The number of aromatic amines is 1. The lowest BCUT2D eigenvalue weighted by atomic mass is 10.2. The molecule has 0 unspecified atom stereocenters. The molecule has 0 saturated heterocycles. The Hall–Kier alpha value is -1.32. The number of carbonyl (C=O) groups excluding carboxylic acids is 1. The number of nitrogens with one attached hydrogen (secondary N) is 1. The van der Waals surface area contributed by atoms with Crippen molar-refractivity contribution in [3.63, 3.8) is 0 Å². The number of aromatic nitrogens is 2. The quantitative estimate of drug-likeness (QED) is 0.671. The van der Waals surface area contributed by atoms with Crippen LogP contribution in [0.5, 0.6) is 0 Å². The second kappa shape index (κ2) is 3.90. The van der Waals surface area contributed by atoms with Gasteiger partial charge in [0.05, 0.1) is 6.20 Å². The van der Waals surface area contributed by atoms with Crippen LogP contribution in [0.4, 0.5) is 0 Å². The summed E-state index contributed by atoms with van der Waals surface area (Å²) in [6, 6.07) is 0. The molecule has 0 atom stereocenters. The predicted octanol–water partition coefficient (Wildman–Crippen LogP) is 0.696. The molecule has 0 fully saturated rings. The molecule has 0 radical (unpaired) electrons. The van der Waals surface area contributed by atoms with Gasteiger partial charge in [-0.15, -0.1) is 0 Å². The van der Waals surface area contributed by atoms with E-state index in [4.69, 9.17) is 0 Å². The third-order valence-corrected chi connectivity index (χ3v) is 1.86. The lowest BCUT2D eigenvalue weighted by Gasteiger charge is -2.13. The van der Waals surface area contributed by atoms with Gasteiger partial charge in [0.2, 0.25) is 6.41 Å². The molecular formula is C8H13N3O. The van der Waals surface area contributed by atoms with Crippen LogP contribution in [-0.4, -0.2) is 28.1 Å². The molecule has 1 aromatic heterocycles. The standard InChI is InChI=1S/C8H13N3O/c1-3-11(6-12)5-8-4-9-10-7(8)2/h4,6H,3,5H2,1-2H3,(H,9,10). The molecule has 1 aromatic rings. The van der Waals surface area contributed by atoms with Gasteiger partial charge in [-0.05, 0) is 13.8 Å². The SMILES string of the molecule is CCN(C=O)Cc1cn[nH]c1C. The van der Waals surface area contributed by atoms with Crippen molar-refractivity contribution in [1.29, 1.82) is 0 Å². The normalized spacial score (nSPS) is 9.83. The van der Waals surface area contributed by atoms with Crippen molar-refractivity contribution in [3.05, 3.63) is 17.5 Å². The Morgan fingerprint density at radius 2 is 2.50 bits per heavy atom. The highest BCUT2D eigenvalue weighted by molar-refractivity contribution is 5.47. The molecule has 0 saturated carbocycles. The van der Waals surface area contributed by atoms with Crippen LogP contribution >= 0.6 is 0 Å². The summed E-state index contributed by atoms with van der Waals surface area (Å²) in [5.74, 6) is 0. The van der Waals surface area contributed by atoms with Gasteiger partial charge in [-0.3, -0.25) is 9.89 Å². The van der Waals surface area contributed by atoms with Crippen LogP contribution in [0.3, 0.4) is 0 Å². The molecule has 0 bridgehead atoms. The number of aryl methyl sites for hydroxylation is 1. The van der Waals surface area contributed by atoms with E-state index in [0.717, 1.165) is 24.2 Å². The minimum Gasteiger partial charge on any atom is -0.341 e. The fourth-order valence-electron chi connectivity index (χ4n) is 0.977. The van der Waals surface area contributed by atoms with Crippen molar-refractivity contribution in [2.45, 2.75) is 20.4 Å². The second-order valence-electron chi connectivity index (χ2n) is 2.69. The molecule has 4 heteroatoms. The van der Waals surface area contributed by atoms with Gasteiger partial charge in [-0.2, -0.15) is 5.10 Å².